The number of hydrogen-bond acceptors (Lipinski definition) is 8. The highest BCUT2D eigenvalue weighted by atomic mass is 32.2. The summed E-state index contributed by atoms with van der Waals surface area (Å²) in [4.78, 5) is 12.0. The topological polar surface area (TPSA) is 76.5 Å². The monoisotopic (exact) mass is 458 g/mol. The maximum absolute atomic E-state index is 12.0. The van der Waals surface area contributed by atoms with Crippen LogP contribution in [0.25, 0.3) is 0 Å². The van der Waals surface area contributed by atoms with Gasteiger partial charge in [-0.15, -0.1) is 10.2 Å². The minimum absolute atomic E-state index is 0.187. The van der Waals surface area contributed by atoms with Gasteiger partial charge in [0.2, 0.25) is 0 Å². The predicted octanol–water partition coefficient (Wildman–Crippen LogP) is 4.86. The minimum atomic E-state index is -0.187. The molecule has 30 heavy (non-hydrogen) atoms. The summed E-state index contributed by atoms with van der Waals surface area (Å²) in [5.74, 6) is 1.72. The van der Waals surface area contributed by atoms with Crippen LogP contribution in [-0.2, 0) is 10.5 Å². The Morgan fingerprint density at radius 3 is 2.57 bits per heavy atom. The van der Waals surface area contributed by atoms with E-state index in [1.807, 2.05) is 42.5 Å². The van der Waals surface area contributed by atoms with Crippen LogP contribution in [0.15, 0.2) is 68.4 Å². The molecule has 3 aromatic rings. The summed E-state index contributed by atoms with van der Waals surface area (Å²) in [5, 5.41) is 12.3. The minimum Gasteiger partial charge on any atom is -0.494 e. The summed E-state index contributed by atoms with van der Waals surface area (Å²) in [5.41, 5.74) is 4.66. The highest BCUT2D eigenvalue weighted by Crippen LogP contribution is 2.30. The van der Waals surface area contributed by atoms with Gasteiger partial charge in [0.1, 0.15) is 5.75 Å². The van der Waals surface area contributed by atoms with Gasteiger partial charge in [-0.25, -0.2) is 5.43 Å². The molecule has 0 bridgehead atoms. The lowest BCUT2D eigenvalue weighted by Crippen LogP contribution is -2.19. The Morgan fingerprint density at radius 2 is 1.83 bits per heavy atom. The van der Waals surface area contributed by atoms with Crippen LogP contribution >= 0.6 is 34.9 Å². The Kier molecular flexibility index (Phi) is 9.20. The molecule has 9 heteroatoms. The van der Waals surface area contributed by atoms with E-state index in [0.29, 0.717) is 6.61 Å². The molecule has 0 aliphatic heterocycles. The Balaban J connectivity index is 1.37. The summed E-state index contributed by atoms with van der Waals surface area (Å²) in [6, 6.07) is 17.8. The molecule has 0 radical (unpaired) electrons. The summed E-state index contributed by atoms with van der Waals surface area (Å²) >= 11 is 4.49. The molecule has 1 heterocycles. The fourth-order valence-electron chi connectivity index (χ4n) is 2.24. The molecule has 3 rings (SSSR count). The molecular weight excluding hydrogens is 436 g/mol. The summed E-state index contributed by atoms with van der Waals surface area (Å²) in [7, 11) is 0. The normalized spacial score (nSPS) is 11.0. The maximum atomic E-state index is 12.0. The average molecular weight is 459 g/mol. The first kappa shape index (κ1) is 22.3. The average Bonchev–Trinajstić information content (AvgIpc) is 3.24. The van der Waals surface area contributed by atoms with Crippen molar-refractivity contribution in [2.45, 2.75) is 27.8 Å². The first-order valence-corrected chi connectivity index (χ1v) is 12.2. The number of ether oxygens (including phenoxy) is 1. The van der Waals surface area contributed by atoms with Crippen LogP contribution in [0, 0.1) is 0 Å². The molecule has 0 fully saturated rings. The molecule has 6 nitrogen and oxygen atoms in total. The lowest BCUT2D eigenvalue weighted by Gasteiger charge is -2.03. The molecule has 0 saturated heterocycles. The summed E-state index contributed by atoms with van der Waals surface area (Å²) < 4.78 is 7.20. The fourth-order valence-corrected chi connectivity index (χ4v) is 5.01. The standard InChI is InChI=1S/C21H22N4O2S3/c1-2-12-27-18-10-8-16(9-11-18)13-22-23-19(26)15-29-21-25-24-20(30-21)28-14-17-6-4-3-5-7-17/h3-11,13H,2,12,14-15H2,1H3,(H,23,26). The smallest absolute Gasteiger partial charge is 0.250 e. The van der Waals surface area contributed by atoms with Gasteiger partial charge in [0.15, 0.2) is 8.68 Å². The van der Waals surface area contributed by atoms with Crippen LogP contribution in [0.3, 0.4) is 0 Å². The quantitative estimate of drug-likeness (QED) is 0.251. The second kappa shape index (κ2) is 12.4. The molecular formula is C21H22N4O2S3. The molecule has 1 aromatic heterocycles. The number of benzene rings is 2. The lowest BCUT2D eigenvalue weighted by molar-refractivity contribution is -0.118. The lowest BCUT2D eigenvalue weighted by atomic mass is 10.2. The van der Waals surface area contributed by atoms with E-state index in [1.54, 1.807) is 18.0 Å². The molecule has 1 amide bonds. The number of hydrazone groups is 1. The van der Waals surface area contributed by atoms with E-state index in [2.05, 4.69) is 39.8 Å². The van der Waals surface area contributed by atoms with Gasteiger partial charge in [-0.1, -0.05) is 72.1 Å². The molecule has 1 N–H and O–H groups in total. The number of nitrogens with zero attached hydrogens (tertiary/aromatic N) is 3. The van der Waals surface area contributed by atoms with E-state index in [0.717, 1.165) is 32.2 Å². The molecule has 0 aliphatic carbocycles. The Morgan fingerprint density at radius 1 is 1.10 bits per heavy atom. The van der Waals surface area contributed by atoms with Crippen molar-refractivity contribution in [1.29, 1.82) is 0 Å². The van der Waals surface area contributed by atoms with Gasteiger partial charge in [-0.05, 0) is 41.8 Å². The highest BCUT2D eigenvalue weighted by Gasteiger charge is 2.08. The van der Waals surface area contributed by atoms with E-state index in [4.69, 9.17) is 4.74 Å². The van der Waals surface area contributed by atoms with Gasteiger partial charge in [0, 0.05) is 5.75 Å². The van der Waals surface area contributed by atoms with Crippen LogP contribution in [-0.4, -0.2) is 34.7 Å². The van der Waals surface area contributed by atoms with Crippen LogP contribution in [0.5, 0.6) is 5.75 Å². The number of carbonyl (C=O) groups excluding carboxylic acids is 1. The molecule has 0 unspecified atom stereocenters. The zero-order valence-corrected chi connectivity index (χ0v) is 18.9. The van der Waals surface area contributed by atoms with Gasteiger partial charge < -0.3 is 4.74 Å². The third kappa shape index (κ3) is 7.81. The molecule has 0 spiro atoms. The van der Waals surface area contributed by atoms with Gasteiger partial charge in [0.05, 0.1) is 18.6 Å². The van der Waals surface area contributed by atoms with Gasteiger partial charge in [-0.3, -0.25) is 4.79 Å². The van der Waals surface area contributed by atoms with Crippen molar-refractivity contribution in [3.8, 4) is 5.75 Å². The number of carbonyl (C=O) groups is 1. The van der Waals surface area contributed by atoms with Crippen molar-refractivity contribution < 1.29 is 9.53 Å². The number of hydrogen-bond donors (Lipinski definition) is 1. The van der Waals surface area contributed by atoms with Crippen LogP contribution in [0.1, 0.15) is 24.5 Å². The van der Waals surface area contributed by atoms with Crippen molar-refractivity contribution in [3.63, 3.8) is 0 Å². The van der Waals surface area contributed by atoms with Crippen LogP contribution < -0.4 is 10.2 Å². The van der Waals surface area contributed by atoms with Crippen LogP contribution in [0.2, 0.25) is 0 Å². The van der Waals surface area contributed by atoms with E-state index in [-0.39, 0.29) is 11.7 Å². The van der Waals surface area contributed by atoms with Crippen molar-refractivity contribution in [2.24, 2.45) is 5.10 Å². The first-order valence-electron chi connectivity index (χ1n) is 9.40. The van der Waals surface area contributed by atoms with Crippen molar-refractivity contribution in [2.75, 3.05) is 12.4 Å². The number of amides is 1. The zero-order valence-electron chi connectivity index (χ0n) is 16.5. The SMILES string of the molecule is CCCOc1ccc(C=NNC(=O)CSc2nnc(SCc3ccccc3)s2)cc1. The number of aromatic nitrogens is 2. The Bertz CT molecular complexity index is 946. The second-order valence-corrected chi connectivity index (χ2v) is 9.53. The van der Waals surface area contributed by atoms with Gasteiger partial charge >= 0.3 is 0 Å². The Hall–Kier alpha value is -2.36. The third-order valence-electron chi connectivity index (χ3n) is 3.68. The summed E-state index contributed by atoms with van der Waals surface area (Å²) in [6.45, 7) is 2.76. The molecule has 0 saturated carbocycles. The number of nitrogens with one attached hydrogen (secondary N) is 1. The zero-order chi connectivity index (χ0) is 21.0. The first-order chi connectivity index (χ1) is 14.7. The van der Waals surface area contributed by atoms with E-state index in [1.165, 1.54) is 28.7 Å². The third-order valence-corrected chi connectivity index (χ3v) is 6.94. The van der Waals surface area contributed by atoms with Crippen molar-refractivity contribution in [1.82, 2.24) is 15.6 Å². The second-order valence-electron chi connectivity index (χ2n) is 6.11. The molecule has 2 aromatic carbocycles. The van der Waals surface area contributed by atoms with Gasteiger partial charge in [0.25, 0.3) is 5.91 Å². The number of rotatable bonds is 11. The fraction of sp³-hybridized carbons (Fsp3) is 0.238. The van der Waals surface area contributed by atoms with Crippen molar-refractivity contribution in [3.05, 3.63) is 65.7 Å². The van der Waals surface area contributed by atoms with E-state index in [9.17, 15) is 4.79 Å². The maximum Gasteiger partial charge on any atom is 0.250 e. The Labute approximate surface area is 188 Å². The highest BCUT2D eigenvalue weighted by molar-refractivity contribution is 8.03. The van der Waals surface area contributed by atoms with E-state index < -0.39 is 0 Å². The predicted molar refractivity (Wildman–Crippen MR) is 125 cm³/mol. The summed E-state index contributed by atoms with van der Waals surface area (Å²) in [6.07, 6.45) is 2.58. The van der Waals surface area contributed by atoms with Gasteiger partial charge in [-0.2, -0.15) is 5.10 Å². The van der Waals surface area contributed by atoms with E-state index >= 15 is 0 Å². The molecule has 0 aliphatic rings. The molecule has 156 valence electrons. The van der Waals surface area contributed by atoms with Crippen molar-refractivity contribution >= 4 is 47.0 Å². The number of thioether (sulfide) groups is 2. The molecule has 0 atom stereocenters. The largest absolute Gasteiger partial charge is 0.494 e. The van der Waals surface area contributed by atoms with Crippen LogP contribution in [0.4, 0.5) is 0 Å².